The maximum Gasteiger partial charge on any atom is 0.122 e. The van der Waals surface area contributed by atoms with Gasteiger partial charge >= 0.3 is 0 Å². The van der Waals surface area contributed by atoms with E-state index in [1.165, 1.54) is 18.4 Å². The smallest absolute Gasteiger partial charge is 0.122 e. The van der Waals surface area contributed by atoms with Gasteiger partial charge in [0.1, 0.15) is 5.75 Å². The highest BCUT2D eigenvalue weighted by molar-refractivity contribution is 9.10. The van der Waals surface area contributed by atoms with E-state index < -0.39 is 0 Å². The highest BCUT2D eigenvalue weighted by atomic mass is 79.9. The summed E-state index contributed by atoms with van der Waals surface area (Å²) < 4.78 is 6.53. The quantitative estimate of drug-likeness (QED) is 0.820. The molecule has 0 fully saturated rings. The Balaban J connectivity index is 2.64. The lowest BCUT2D eigenvalue weighted by Crippen LogP contribution is -2.20. The molecule has 0 amide bonds. The Morgan fingerprint density at radius 1 is 1.28 bits per heavy atom. The van der Waals surface area contributed by atoms with Crippen molar-refractivity contribution in [1.82, 2.24) is 5.32 Å². The van der Waals surface area contributed by atoms with Crippen LogP contribution in [0, 0.1) is 5.41 Å². The molecular formula is C15H24BrNO. The van der Waals surface area contributed by atoms with Crippen molar-refractivity contribution in [3.8, 4) is 5.75 Å². The van der Waals surface area contributed by atoms with Gasteiger partial charge in [-0.1, -0.05) is 29.8 Å². The third-order valence-corrected chi connectivity index (χ3v) is 3.86. The van der Waals surface area contributed by atoms with Crippen molar-refractivity contribution in [1.29, 1.82) is 0 Å². The molecule has 3 heteroatoms. The van der Waals surface area contributed by atoms with Crippen LogP contribution >= 0.6 is 15.9 Å². The van der Waals surface area contributed by atoms with Crippen LogP contribution < -0.4 is 10.1 Å². The van der Waals surface area contributed by atoms with Crippen LogP contribution in [0.3, 0.4) is 0 Å². The lowest BCUT2D eigenvalue weighted by atomic mass is 9.83. The second-order valence-electron chi connectivity index (χ2n) is 5.47. The summed E-state index contributed by atoms with van der Waals surface area (Å²) in [5.41, 5.74) is 1.64. The Kier molecular flexibility index (Phi) is 6.16. The zero-order valence-corrected chi connectivity index (χ0v) is 13.4. The molecule has 18 heavy (non-hydrogen) atoms. The van der Waals surface area contributed by atoms with E-state index >= 15 is 0 Å². The number of nitrogens with one attached hydrogen (secondary N) is 1. The van der Waals surface area contributed by atoms with Crippen LogP contribution in [0.1, 0.15) is 32.3 Å². The fourth-order valence-corrected chi connectivity index (χ4v) is 2.41. The summed E-state index contributed by atoms with van der Waals surface area (Å²) in [6.45, 7) is 5.73. The van der Waals surface area contributed by atoms with Crippen LogP contribution in [0.5, 0.6) is 5.75 Å². The summed E-state index contributed by atoms with van der Waals surface area (Å²) in [6.07, 6.45) is 3.42. The number of benzene rings is 1. The van der Waals surface area contributed by atoms with Gasteiger partial charge in [0.05, 0.1) is 7.11 Å². The van der Waals surface area contributed by atoms with Crippen LogP contribution in [0.2, 0.25) is 0 Å². The molecule has 2 nitrogen and oxygen atoms in total. The lowest BCUT2D eigenvalue weighted by Gasteiger charge is -2.25. The number of halogens is 1. The second-order valence-corrected chi connectivity index (χ2v) is 6.39. The van der Waals surface area contributed by atoms with Gasteiger partial charge in [-0.05, 0) is 62.0 Å². The number of rotatable bonds is 7. The summed E-state index contributed by atoms with van der Waals surface area (Å²) in [7, 11) is 3.74. The molecule has 0 aliphatic carbocycles. The van der Waals surface area contributed by atoms with E-state index in [0.29, 0.717) is 5.41 Å². The largest absolute Gasteiger partial charge is 0.496 e. The minimum Gasteiger partial charge on any atom is -0.496 e. The van der Waals surface area contributed by atoms with Gasteiger partial charge in [0.2, 0.25) is 0 Å². The Hall–Kier alpha value is -0.540. The van der Waals surface area contributed by atoms with Crippen LogP contribution in [-0.2, 0) is 6.42 Å². The van der Waals surface area contributed by atoms with Crippen molar-refractivity contribution in [3.63, 3.8) is 0 Å². The Bertz CT molecular complexity index is 377. The van der Waals surface area contributed by atoms with E-state index in [4.69, 9.17) is 4.74 Å². The molecular weight excluding hydrogens is 290 g/mol. The minimum atomic E-state index is 0.357. The highest BCUT2D eigenvalue weighted by Crippen LogP contribution is 2.30. The van der Waals surface area contributed by atoms with Gasteiger partial charge in [-0.15, -0.1) is 0 Å². The third kappa shape index (κ3) is 4.99. The van der Waals surface area contributed by atoms with Crippen molar-refractivity contribution in [3.05, 3.63) is 28.2 Å². The predicted octanol–water partition coefficient (Wildman–Crippen LogP) is 4.03. The van der Waals surface area contributed by atoms with Gasteiger partial charge < -0.3 is 10.1 Å². The Labute approximate surface area is 119 Å². The number of hydrogen-bond acceptors (Lipinski definition) is 2. The van der Waals surface area contributed by atoms with Gasteiger partial charge in [-0.2, -0.15) is 0 Å². The average Bonchev–Trinajstić information content (AvgIpc) is 2.34. The number of methoxy groups -OCH3 is 1. The van der Waals surface area contributed by atoms with Gasteiger partial charge in [0, 0.05) is 4.47 Å². The monoisotopic (exact) mass is 313 g/mol. The first kappa shape index (κ1) is 15.5. The maximum absolute atomic E-state index is 5.41. The van der Waals surface area contributed by atoms with Crippen molar-refractivity contribution >= 4 is 15.9 Å². The van der Waals surface area contributed by atoms with E-state index in [1.807, 2.05) is 19.2 Å². The molecule has 0 radical (unpaired) electrons. The lowest BCUT2D eigenvalue weighted by molar-refractivity contribution is 0.303. The SMILES string of the molecule is CNCCC(C)(C)CCc1cc(Br)ccc1OC. The van der Waals surface area contributed by atoms with Crippen LogP contribution in [-0.4, -0.2) is 20.7 Å². The molecule has 1 rings (SSSR count). The molecule has 0 heterocycles. The minimum absolute atomic E-state index is 0.357. The summed E-state index contributed by atoms with van der Waals surface area (Å²) in [4.78, 5) is 0. The van der Waals surface area contributed by atoms with E-state index in [-0.39, 0.29) is 0 Å². The van der Waals surface area contributed by atoms with Gasteiger partial charge in [-0.3, -0.25) is 0 Å². The number of hydrogen-bond donors (Lipinski definition) is 1. The third-order valence-electron chi connectivity index (χ3n) is 3.37. The molecule has 1 N–H and O–H groups in total. The van der Waals surface area contributed by atoms with Crippen molar-refractivity contribution in [2.24, 2.45) is 5.41 Å². The Morgan fingerprint density at radius 2 is 2.00 bits per heavy atom. The molecule has 1 aromatic rings. The summed E-state index contributed by atoms with van der Waals surface area (Å²) in [5.74, 6) is 0.989. The number of aryl methyl sites for hydroxylation is 1. The van der Waals surface area contributed by atoms with Crippen molar-refractivity contribution in [2.45, 2.75) is 33.1 Å². The van der Waals surface area contributed by atoms with Crippen LogP contribution in [0.4, 0.5) is 0 Å². The topological polar surface area (TPSA) is 21.3 Å². The fourth-order valence-electron chi connectivity index (χ4n) is 2.00. The first-order chi connectivity index (χ1) is 8.48. The highest BCUT2D eigenvalue weighted by Gasteiger charge is 2.18. The molecule has 0 atom stereocenters. The zero-order valence-electron chi connectivity index (χ0n) is 11.8. The summed E-state index contributed by atoms with van der Waals surface area (Å²) >= 11 is 3.52. The molecule has 0 bridgehead atoms. The molecule has 102 valence electrons. The normalized spacial score (nSPS) is 11.6. The summed E-state index contributed by atoms with van der Waals surface area (Å²) in [5, 5.41) is 3.22. The first-order valence-corrected chi connectivity index (χ1v) is 7.25. The molecule has 0 unspecified atom stereocenters. The van der Waals surface area contributed by atoms with E-state index in [0.717, 1.165) is 23.2 Å². The van der Waals surface area contributed by atoms with E-state index in [9.17, 15) is 0 Å². The molecule has 0 aliphatic heterocycles. The molecule has 1 aromatic carbocycles. The van der Waals surface area contributed by atoms with E-state index in [1.54, 1.807) is 7.11 Å². The first-order valence-electron chi connectivity index (χ1n) is 6.45. The number of ether oxygens (including phenoxy) is 1. The molecule has 0 saturated carbocycles. The van der Waals surface area contributed by atoms with Crippen LogP contribution in [0.25, 0.3) is 0 Å². The van der Waals surface area contributed by atoms with Crippen molar-refractivity contribution in [2.75, 3.05) is 20.7 Å². The van der Waals surface area contributed by atoms with E-state index in [2.05, 4.69) is 41.2 Å². The average molecular weight is 314 g/mol. The fraction of sp³-hybridized carbons (Fsp3) is 0.600. The Morgan fingerprint density at radius 3 is 2.61 bits per heavy atom. The zero-order chi connectivity index (χ0) is 13.6. The molecule has 0 spiro atoms. The molecule has 0 saturated heterocycles. The second kappa shape index (κ2) is 7.15. The molecule has 0 aromatic heterocycles. The van der Waals surface area contributed by atoms with Crippen LogP contribution in [0.15, 0.2) is 22.7 Å². The predicted molar refractivity (Wildman–Crippen MR) is 81.3 cm³/mol. The maximum atomic E-state index is 5.41. The molecule has 0 aliphatic rings. The summed E-state index contributed by atoms with van der Waals surface area (Å²) in [6, 6.07) is 6.21. The van der Waals surface area contributed by atoms with Gasteiger partial charge in [-0.25, -0.2) is 0 Å². The standard InChI is InChI=1S/C15H24BrNO/c1-15(2,9-10-17-3)8-7-12-11-13(16)5-6-14(12)18-4/h5-6,11,17H,7-10H2,1-4H3. The van der Waals surface area contributed by atoms with Gasteiger partial charge in [0.25, 0.3) is 0 Å². The van der Waals surface area contributed by atoms with Crippen molar-refractivity contribution < 1.29 is 4.74 Å². The van der Waals surface area contributed by atoms with Gasteiger partial charge in [0.15, 0.2) is 0 Å².